The summed E-state index contributed by atoms with van der Waals surface area (Å²) in [5, 5.41) is 0.919. The van der Waals surface area contributed by atoms with E-state index in [4.69, 9.17) is 17.3 Å². The fourth-order valence-electron chi connectivity index (χ4n) is 1.46. The minimum atomic E-state index is -0.337. The van der Waals surface area contributed by atoms with Crippen LogP contribution < -0.4 is 5.73 Å². The Bertz CT molecular complexity index is 496. The Balaban J connectivity index is 2.68. The van der Waals surface area contributed by atoms with Gasteiger partial charge >= 0.3 is 0 Å². The lowest BCUT2D eigenvalue weighted by atomic mass is 10.1. The van der Waals surface area contributed by atoms with Gasteiger partial charge < -0.3 is 5.73 Å². The van der Waals surface area contributed by atoms with Crippen molar-refractivity contribution in [3.63, 3.8) is 0 Å². The molecule has 0 radical (unpaired) electrons. The SMILES string of the molecule is NCCc1nc(Cl)nc2cc(F)ccc12. The molecule has 1 aromatic heterocycles. The molecule has 1 heterocycles. The molecule has 15 heavy (non-hydrogen) atoms. The molecule has 3 nitrogen and oxygen atoms in total. The van der Waals surface area contributed by atoms with Gasteiger partial charge in [0, 0.05) is 17.9 Å². The summed E-state index contributed by atoms with van der Waals surface area (Å²) in [4.78, 5) is 8.03. The molecule has 1 aromatic carbocycles. The van der Waals surface area contributed by atoms with Gasteiger partial charge in [-0.15, -0.1) is 0 Å². The molecular formula is C10H9ClFN3. The molecule has 0 atom stereocenters. The highest BCUT2D eigenvalue weighted by atomic mass is 35.5. The molecule has 0 bridgehead atoms. The van der Waals surface area contributed by atoms with Crippen molar-refractivity contribution in [3.8, 4) is 0 Å². The highest BCUT2D eigenvalue weighted by Crippen LogP contribution is 2.19. The number of rotatable bonds is 2. The van der Waals surface area contributed by atoms with Crippen LogP contribution >= 0.6 is 11.6 Å². The predicted molar refractivity (Wildman–Crippen MR) is 57.3 cm³/mol. The summed E-state index contributed by atoms with van der Waals surface area (Å²) in [5.41, 5.74) is 6.72. The number of benzene rings is 1. The standard InChI is InChI=1S/C10H9ClFN3/c11-10-14-8(3-4-13)7-2-1-6(12)5-9(7)15-10/h1-2,5H,3-4,13H2. The van der Waals surface area contributed by atoms with Crippen molar-refractivity contribution >= 4 is 22.5 Å². The molecule has 2 aromatic rings. The van der Waals surface area contributed by atoms with Gasteiger partial charge in [-0.05, 0) is 30.3 Å². The van der Waals surface area contributed by atoms with E-state index in [1.807, 2.05) is 0 Å². The minimum absolute atomic E-state index is 0.122. The third kappa shape index (κ3) is 2.06. The minimum Gasteiger partial charge on any atom is -0.330 e. The summed E-state index contributed by atoms with van der Waals surface area (Å²) < 4.78 is 13.0. The summed E-state index contributed by atoms with van der Waals surface area (Å²) in [6, 6.07) is 4.36. The smallest absolute Gasteiger partial charge is 0.223 e. The molecular weight excluding hydrogens is 217 g/mol. The van der Waals surface area contributed by atoms with Crippen molar-refractivity contribution in [2.75, 3.05) is 6.54 Å². The van der Waals surface area contributed by atoms with Crippen LogP contribution in [0.15, 0.2) is 18.2 Å². The van der Waals surface area contributed by atoms with Gasteiger partial charge in [-0.2, -0.15) is 0 Å². The number of halogens is 2. The molecule has 0 amide bonds. The van der Waals surface area contributed by atoms with Crippen LogP contribution in [0.1, 0.15) is 5.69 Å². The van der Waals surface area contributed by atoms with Crippen LogP contribution in [0.25, 0.3) is 10.9 Å². The van der Waals surface area contributed by atoms with E-state index >= 15 is 0 Å². The highest BCUT2D eigenvalue weighted by molar-refractivity contribution is 6.28. The van der Waals surface area contributed by atoms with Crippen molar-refractivity contribution in [3.05, 3.63) is 35.0 Å². The molecule has 0 spiro atoms. The zero-order valence-electron chi connectivity index (χ0n) is 7.87. The van der Waals surface area contributed by atoms with E-state index in [1.165, 1.54) is 12.1 Å². The van der Waals surface area contributed by atoms with Crippen molar-refractivity contribution < 1.29 is 4.39 Å². The normalized spacial score (nSPS) is 10.9. The van der Waals surface area contributed by atoms with Crippen LogP contribution in [0.3, 0.4) is 0 Å². The van der Waals surface area contributed by atoms with Crippen LogP contribution in [0.5, 0.6) is 0 Å². The van der Waals surface area contributed by atoms with E-state index in [2.05, 4.69) is 9.97 Å². The molecule has 2 rings (SSSR count). The Kier molecular flexibility index (Phi) is 2.79. The van der Waals surface area contributed by atoms with Gasteiger partial charge in [0.15, 0.2) is 0 Å². The van der Waals surface area contributed by atoms with Gasteiger partial charge in [0.2, 0.25) is 5.28 Å². The molecule has 0 fully saturated rings. The first-order valence-corrected chi connectivity index (χ1v) is 4.90. The average Bonchev–Trinajstić information content (AvgIpc) is 2.17. The van der Waals surface area contributed by atoms with E-state index in [0.29, 0.717) is 18.5 Å². The Hall–Kier alpha value is -1.26. The lowest BCUT2D eigenvalue weighted by Crippen LogP contribution is -2.06. The number of nitrogens with two attached hydrogens (primary N) is 1. The van der Waals surface area contributed by atoms with Crippen LogP contribution in [0.2, 0.25) is 5.28 Å². The molecule has 2 N–H and O–H groups in total. The van der Waals surface area contributed by atoms with Crippen molar-refractivity contribution in [2.45, 2.75) is 6.42 Å². The maximum absolute atomic E-state index is 13.0. The van der Waals surface area contributed by atoms with Gasteiger partial charge in [-0.1, -0.05) is 0 Å². The third-order valence-electron chi connectivity index (χ3n) is 2.09. The molecule has 78 valence electrons. The Morgan fingerprint density at radius 2 is 2.13 bits per heavy atom. The average molecular weight is 226 g/mol. The lowest BCUT2D eigenvalue weighted by molar-refractivity contribution is 0.629. The molecule has 0 saturated heterocycles. The number of fused-ring (bicyclic) bond motifs is 1. The number of nitrogens with zero attached hydrogens (tertiary/aromatic N) is 2. The van der Waals surface area contributed by atoms with Crippen molar-refractivity contribution in [2.24, 2.45) is 5.73 Å². The maximum atomic E-state index is 13.0. The summed E-state index contributed by atoms with van der Waals surface area (Å²) in [7, 11) is 0. The van der Waals surface area contributed by atoms with E-state index in [1.54, 1.807) is 6.07 Å². The zero-order chi connectivity index (χ0) is 10.8. The predicted octanol–water partition coefficient (Wildman–Crippen LogP) is 1.92. The van der Waals surface area contributed by atoms with Gasteiger partial charge in [0.25, 0.3) is 0 Å². The Labute approximate surface area is 91.1 Å². The molecule has 0 aliphatic heterocycles. The largest absolute Gasteiger partial charge is 0.330 e. The first-order chi connectivity index (χ1) is 7.20. The quantitative estimate of drug-likeness (QED) is 0.795. The maximum Gasteiger partial charge on any atom is 0.223 e. The second kappa shape index (κ2) is 4.08. The second-order valence-electron chi connectivity index (χ2n) is 3.14. The number of hydrogen-bond donors (Lipinski definition) is 1. The van der Waals surface area contributed by atoms with E-state index in [0.717, 1.165) is 11.1 Å². The summed E-state index contributed by atoms with van der Waals surface area (Å²) in [6.45, 7) is 0.472. The van der Waals surface area contributed by atoms with Gasteiger partial charge in [0.05, 0.1) is 11.2 Å². The summed E-state index contributed by atoms with van der Waals surface area (Å²) in [5.74, 6) is -0.337. The lowest BCUT2D eigenvalue weighted by Gasteiger charge is -2.04. The first kappa shape index (κ1) is 10.3. The van der Waals surface area contributed by atoms with E-state index in [-0.39, 0.29) is 11.1 Å². The van der Waals surface area contributed by atoms with Gasteiger partial charge in [-0.25, -0.2) is 14.4 Å². The van der Waals surface area contributed by atoms with Crippen molar-refractivity contribution in [1.29, 1.82) is 0 Å². The first-order valence-electron chi connectivity index (χ1n) is 4.52. The van der Waals surface area contributed by atoms with E-state index in [9.17, 15) is 4.39 Å². The van der Waals surface area contributed by atoms with Crippen LogP contribution in [-0.2, 0) is 6.42 Å². The topological polar surface area (TPSA) is 51.8 Å². The van der Waals surface area contributed by atoms with E-state index < -0.39 is 0 Å². The Morgan fingerprint density at radius 3 is 2.87 bits per heavy atom. The summed E-state index contributed by atoms with van der Waals surface area (Å²) in [6.07, 6.45) is 0.602. The molecule has 0 saturated carbocycles. The van der Waals surface area contributed by atoms with Crippen LogP contribution in [0.4, 0.5) is 4.39 Å². The number of hydrogen-bond acceptors (Lipinski definition) is 3. The van der Waals surface area contributed by atoms with Gasteiger partial charge in [-0.3, -0.25) is 0 Å². The van der Waals surface area contributed by atoms with Crippen LogP contribution in [0, 0.1) is 5.82 Å². The fraction of sp³-hybridized carbons (Fsp3) is 0.200. The molecule has 0 unspecified atom stereocenters. The Morgan fingerprint density at radius 1 is 1.33 bits per heavy atom. The monoisotopic (exact) mass is 225 g/mol. The molecule has 0 aliphatic rings. The molecule has 5 heteroatoms. The van der Waals surface area contributed by atoms with Crippen molar-refractivity contribution in [1.82, 2.24) is 9.97 Å². The van der Waals surface area contributed by atoms with Gasteiger partial charge in [0.1, 0.15) is 5.82 Å². The fourth-order valence-corrected chi connectivity index (χ4v) is 1.66. The second-order valence-corrected chi connectivity index (χ2v) is 3.48. The zero-order valence-corrected chi connectivity index (χ0v) is 8.63. The highest BCUT2D eigenvalue weighted by Gasteiger charge is 2.06. The third-order valence-corrected chi connectivity index (χ3v) is 2.26. The molecule has 0 aliphatic carbocycles. The van der Waals surface area contributed by atoms with Crippen LogP contribution in [-0.4, -0.2) is 16.5 Å². The number of aromatic nitrogens is 2. The summed E-state index contributed by atoms with van der Waals surface area (Å²) >= 11 is 5.73.